The number of carbonyl (C=O) groups is 2. The number of anilines is 1. The first kappa shape index (κ1) is 20.3. The maximum Gasteiger partial charge on any atom is 0.293 e. The van der Waals surface area contributed by atoms with Crippen LogP contribution in [0.5, 0.6) is 0 Å². The van der Waals surface area contributed by atoms with Crippen LogP contribution in [0.15, 0.2) is 65.6 Å². The van der Waals surface area contributed by atoms with Crippen molar-refractivity contribution < 1.29 is 14.5 Å². The van der Waals surface area contributed by atoms with Crippen LogP contribution in [0.25, 0.3) is 6.08 Å². The van der Waals surface area contributed by atoms with E-state index in [0.29, 0.717) is 10.5 Å². The Balaban J connectivity index is 1.66. The second-order valence-electron chi connectivity index (χ2n) is 6.56. The molecule has 2 aromatic carbocycles. The smallest absolute Gasteiger partial charge is 0.293 e. The summed E-state index contributed by atoms with van der Waals surface area (Å²) in [7, 11) is 3.94. The highest BCUT2D eigenvalue weighted by atomic mass is 32.2. The van der Waals surface area contributed by atoms with Gasteiger partial charge in [-0.3, -0.25) is 24.6 Å². The van der Waals surface area contributed by atoms with Crippen molar-refractivity contribution in [2.24, 2.45) is 0 Å². The molecule has 0 radical (unpaired) electrons. The third kappa shape index (κ3) is 4.91. The van der Waals surface area contributed by atoms with Crippen LogP contribution in [0.3, 0.4) is 0 Å². The number of hydrogen-bond acceptors (Lipinski definition) is 6. The van der Waals surface area contributed by atoms with Crippen LogP contribution in [-0.4, -0.2) is 35.1 Å². The zero-order valence-corrected chi connectivity index (χ0v) is 16.8. The second-order valence-corrected chi connectivity index (χ2v) is 7.55. The molecule has 1 aliphatic heterocycles. The van der Waals surface area contributed by atoms with Crippen molar-refractivity contribution in [1.82, 2.24) is 4.90 Å². The zero-order chi connectivity index (χ0) is 21.0. The minimum atomic E-state index is -0.493. The minimum absolute atomic E-state index is 0.0356. The second kappa shape index (κ2) is 8.74. The molecule has 0 unspecified atom stereocenters. The Morgan fingerprint density at radius 3 is 2.31 bits per heavy atom. The molecule has 2 amide bonds. The van der Waals surface area contributed by atoms with Crippen molar-refractivity contribution >= 4 is 40.4 Å². The van der Waals surface area contributed by atoms with Gasteiger partial charge in [0.2, 0.25) is 0 Å². The number of allylic oxidation sites excluding steroid dienone is 2. The highest BCUT2D eigenvalue weighted by Crippen LogP contribution is 2.32. The third-order valence-electron chi connectivity index (χ3n) is 4.31. The summed E-state index contributed by atoms with van der Waals surface area (Å²) in [6.45, 7) is 0.0791. The fourth-order valence-electron chi connectivity index (χ4n) is 2.69. The van der Waals surface area contributed by atoms with E-state index in [2.05, 4.69) is 0 Å². The van der Waals surface area contributed by atoms with Crippen molar-refractivity contribution in [2.75, 3.05) is 19.0 Å². The molecular weight excluding hydrogens is 390 g/mol. The molecule has 0 N–H and O–H groups in total. The zero-order valence-electron chi connectivity index (χ0n) is 15.9. The third-order valence-corrected chi connectivity index (χ3v) is 5.23. The van der Waals surface area contributed by atoms with Gasteiger partial charge in [-0.15, -0.1) is 0 Å². The number of benzene rings is 2. The van der Waals surface area contributed by atoms with Crippen molar-refractivity contribution in [2.45, 2.75) is 6.54 Å². The molecular formula is C21H19N3O4S. The summed E-state index contributed by atoms with van der Waals surface area (Å²) < 4.78 is 0. The number of nitrogens with zero attached hydrogens (tertiary/aromatic N) is 3. The van der Waals surface area contributed by atoms with Crippen LogP contribution >= 0.6 is 11.8 Å². The Kier molecular flexibility index (Phi) is 6.13. The maximum atomic E-state index is 12.5. The molecule has 148 valence electrons. The summed E-state index contributed by atoms with van der Waals surface area (Å²) in [6, 6.07) is 13.7. The van der Waals surface area contributed by atoms with Crippen LogP contribution in [0.1, 0.15) is 11.1 Å². The minimum Gasteiger partial charge on any atom is -0.378 e. The number of thioether (sulfide) groups is 1. The van der Waals surface area contributed by atoms with Gasteiger partial charge in [-0.05, 0) is 41.1 Å². The number of amides is 2. The Bertz CT molecular complexity index is 996. The summed E-state index contributed by atoms with van der Waals surface area (Å²) in [5, 5.41) is 10.4. The van der Waals surface area contributed by atoms with Gasteiger partial charge in [0.1, 0.15) is 0 Å². The Hall–Kier alpha value is -3.39. The van der Waals surface area contributed by atoms with Crippen LogP contribution in [-0.2, 0) is 11.3 Å². The Morgan fingerprint density at radius 2 is 1.72 bits per heavy atom. The molecule has 0 bridgehead atoms. The van der Waals surface area contributed by atoms with E-state index in [0.717, 1.165) is 27.9 Å². The van der Waals surface area contributed by atoms with Gasteiger partial charge in [-0.25, -0.2) is 0 Å². The average molecular weight is 409 g/mol. The number of non-ortho nitro benzene ring substituents is 1. The molecule has 0 saturated carbocycles. The van der Waals surface area contributed by atoms with Gasteiger partial charge < -0.3 is 4.90 Å². The topological polar surface area (TPSA) is 83.8 Å². The van der Waals surface area contributed by atoms with Gasteiger partial charge in [0.05, 0.1) is 16.4 Å². The number of imide groups is 1. The summed E-state index contributed by atoms with van der Waals surface area (Å²) in [6.07, 6.45) is 5.23. The van der Waals surface area contributed by atoms with Crippen LogP contribution in [0.4, 0.5) is 16.2 Å². The lowest BCUT2D eigenvalue weighted by molar-refractivity contribution is -0.384. The molecule has 8 heteroatoms. The number of nitro groups is 1. The fourth-order valence-corrected chi connectivity index (χ4v) is 3.48. The van der Waals surface area contributed by atoms with E-state index in [9.17, 15) is 19.7 Å². The lowest BCUT2D eigenvalue weighted by Gasteiger charge is -2.12. The molecule has 2 aromatic rings. The largest absolute Gasteiger partial charge is 0.378 e. The summed E-state index contributed by atoms with van der Waals surface area (Å²) >= 11 is 0.883. The molecule has 1 fully saturated rings. The monoisotopic (exact) mass is 409 g/mol. The van der Waals surface area contributed by atoms with Gasteiger partial charge in [0.15, 0.2) is 0 Å². The lowest BCUT2D eigenvalue weighted by Crippen LogP contribution is -2.27. The number of carbonyl (C=O) groups excluding carboxylic acids is 2. The quantitative estimate of drug-likeness (QED) is 0.398. The van der Waals surface area contributed by atoms with E-state index in [1.807, 2.05) is 49.3 Å². The van der Waals surface area contributed by atoms with Crippen LogP contribution < -0.4 is 4.90 Å². The van der Waals surface area contributed by atoms with Gasteiger partial charge in [-0.2, -0.15) is 0 Å². The van der Waals surface area contributed by atoms with Gasteiger partial charge in [0.25, 0.3) is 16.8 Å². The molecule has 0 aromatic heterocycles. The Morgan fingerprint density at radius 1 is 1.07 bits per heavy atom. The predicted molar refractivity (Wildman–Crippen MR) is 115 cm³/mol. The summed E-state index contributed by atoms with van der Waals surface area (Å²) in [5.74, 6) is -0.369. The fraction of sp³-hybridized carbons (Fsp3) is 0.143. The normalized spacial score (nSPS) is 15.5. The van der Waals surface area contributed by atoms with Crippen molar-refractivity contribution in [3.05, 3.63) is 86.8 Å². The van der Waals surface area contributed by atoms with Crippen molar-refractivity contribution in [3.63, 3.8) is 0 Å². The highest BCUT2D eigenvalue weighted by molar-refractivity contribution is 8.18. The molecule has 1 heterocycles. The van der Waals surface area contributed by atoms with E-state index in [4.69, 9.17) is 0 Å². The predicted octanol–water partition coefficient (Wildman–Crippen LogP) is 4.45. The maximum absolute atomic E-state index is 12.5. The first-order chi connectivity index (χ1) is 13.8. The van der Waals surface area contributed by atoms with Gasteiger partial charge in [-0.1, -0.05) is 36.4 Å². The van der Waals surface area contributed by atoms with Gasteiger partial charge >= 0.3 is 0 Å². The van der Waals surface area contributed by atoms with E-state index in [1.54, 1.807) is 24.3 Å². The van der Waals surface area contributed by atoms with Crippen molar-refractivity contribution in [1.29, 1.82) is 0 Å². The van der Waals surface area contributed by atoms with E-state index in [-0.39, 0.29) is 23.4 Å². The summed E-state index contributed by atoms with van der Waals surface area (Å²) in [4.78, 5) is 38.4. The number of rotatable bonds is 6. The lowest BCUT2D eigenvalue weighted by atomic mass is 10.2. The first-order valence-electron chi connectivity index (χ1n) is 8.78. The molecule has 0 spiro atoms. The standard InChI is InChI=1S/C21H19N3O4S/c1-22(2)17-10-6-15(7-11-17)4-3-5-19-20(25)23(21(26)29-19)14-16-8-12-18(13-9-16)24(27)28/h3-13H,14H2,1-2H3/b4-3+,19-5-. The van der Waals surface area contributed by atoms with E-state index >= 15 is 0 Å². The SMILES string of the molecule is CN(C)c1ccc(/C=C/C=C2\SC(=O)N(Cc3ccc([N+](=O)[O-])cc3)C2=O)cc1. The van der Waals surface area contributed by atoms with Crippen LogP contribution in [0.2, 0.25) is 0 Å². The number of hydrogen-bond donors (Lipinski definition) is 0. The van der Waals surface area contributed by atoms with E-state index in [1.165, 1.54) is 12.1 Å². The first-order valence-corrected chi connectivity index (χ1v) is 9.59. The summed E-state index contributed by atoms with van der Waals surface area (Å²) in [5.41, 5.74) is 2.69. The molecule has 1 saturated heterocycles. The van der Waals surface area contributed by atoms with Gasteiger partial charge in [0, 0.05) is 31.9 Å². The average Bonchev–Trinajstić information content (AvgIpc) is 2.96. The molecule has 0 aliphatic carbocycles. The van der Waals surface area contributed by atoms with Crippen molar-refractivity contribution in [3.8, 4) is 0 Å². The molecule has 7 nitrogen and oxygen atoms in total. The van der Waals surface area contributed by atoms with Crippen LogP contribution in [0, 0.1) is 10.1 Å². The Labute approximate surface area is 172 Å². The molecule has 29 heavy (non-hydrogen) atoms. The highest BCUT2D eigenvalue weighted by Gasteiger charge is 2.34. The molecule has 1 aliphatic rings. The number of nitro benzene ring substituents is 1. The van der Waals surface area contributed by atoms with E-state index < -0.39 is 4.92 Å². The molecule has 3 rings (SSSR count). The molecule has 0 atom stereocenters.